The second-order valence-corrected chi connectivity index (χ2v) is 4.98. The summed E-state index contributed by atoms with van der Waals surface area (Å²) in [6.45, 7) is 7.16. The summed E-state index contributed by atoms with van der Waals surface area (Å²) in [5.41, 5.74) is -0.415. The SMILES string of the molecule is CCC(C)N(CC)CC(O)c1cccc(C(F)(F)F)c1. The zero-order chi connectivity index (χ0) is 15.3. The summed E-state index contributed by atoms with van der Waals surface area (Å²) in [6, 6.07) is 5.20. The molecule has 0 spiro atoms. The Morgan fingerprint density at radius 1 is 1.25 bits per heavy atom. The molecule has 0 heterocycles. The maximum Gasteiger partial charge on any atom is 0.416 e. The molecule has 114 valence electrons. The van der Waals surface area contributed by atoms with Gasteiger partial charge in [-0.15, -0.1) is 0 Å². The van der Waals surface area contributed by atoms with E-state index in [1.807, 2.05) is 20.8 Å². The normalized spacial score (nSPS) is 15.4. The molecular weight excluding hydrogens is 267 g/mol. The van der Waals surface area contributed by atoms with Crippen LogP contribution >= 0.6 is 0 Å². The van der Waals surface area contributed by atoms with Crippen LogP contribution in [0.3, 0.4) is 0 Å². The summed E-state index contributed by atoms with van der Waals surface area (Å²) in [5.74, 6) is 0. The van der Waals surface area contributed by atoms with Crippen molar-refractivity contribution in [3.05, 3.63) is 35.4 Å². The van der Waals surface area contributed by atoms with Crippen LogP contribution in [0.2, 0.25) is 0 Å². The van der Waals surface area contributed by atoms with Gasteiger partial charge in [0.15, 0.2) is 0 Å². The van der Waals surface area contributed by atoms with Gasteiger partial charge in [-0.05, 0) is 37.6 Å². The molecule has 0 fully saturated rings. The van der Waals surface area contributed by atoms with Crippen molar-refractivity contribution in [3.63, 3.8) is 0 Å². The molecule has 20 heavy (non-hydrogen) atoms. The minimum atomic E-state index is -4.38. The summed E-state index contributed by atoms with van der Waals surface area (Å²) in [6.07, 6.45) is -4.36. The minimum Gasteiger partial charge on any atom is -0.387 e. The maximum absolute atomic E-state index is 12.7. The molecule has 0 aliphatic rings. The van der Waals surface area contributed by atoms with Gasteiger partial charge in [0.2, 0.25) is 0 Å². The van der Waals surface area contributed by atoms with Gasteiger partial charge in [0.1, 0.15) is 0 Å². The molecule has 1 N–H and O–H groups in total. The van der Waals surface area contributed by atoms with E-state index in [9.17, 15) is 18.3 Å². The summed E-state index contributed by atoms with van der Waals surface area (Å²) in [4.78, 5) is 2.06. The maximum atomic E-state index is 12.7. The van der Waals surface area contributed by atoms with Crippen LogP contribution in [-0.4, -0.2) is 29.1 Å². The molecule has 2 unspecified atom stereocenters. The summed E-state index contributed by atoms with van der Waals surface area (Å²) in [5, 5.41) is 10.1. The number of aliphatic hydroxyl groups excluding tert-OH is 1. The number of alkyl halides is 3. The number of hydrogen-bond acceptors (Lipinski definition) is 2. The Kier molecular flexibility index (Phi) is 6.02. The monoisotopic (exact) mass is 289 g/mol. The number of likely N-dealkylation sites (N-methyl/N-ethyl adjacent to an activating group) is 1. The number of halogens is 3. The van der Waals surface area contributed by atoms with E-state index < -0.39 is 17.8 Å². The summed E-state index contributed by atoms with van der Waals surface area (Å²) >= 11 is 0. The van der Waals surface area contributed by atoms with E-state index in [0.717, 1.165) is 25.1 Å². The van der Waals surface area contributed by atoms with Gasteiger partial charge in [-0.3, -0.25) is 4.90 Å². The lowest BCUT2D eigenvalue weighted by molar-refractivity contribution is -0.137. The van der Waals surface area contributed by atoms with E-state index in [1.165, 1.54) is 12.1 Å². The van der Waals surface area contributed by atoms with Crippen molar-refractivity contribution >= 4 is 0 Å². The Balaban J connectivity index is 2.84. The van der Waals surface area contributed by atoms with Crippen molar-refractivity contribution in [2.45, 2.75) is 45.5 Å². The average molecular weight is 289 g/mol. The Morgan fingerprint density at radius 3 is 2.40 bits per heavy atom. The van der Waals surface area contributed by atoms with Gasteiger partial charge >= 0.3 is 6.18 Å². The third kappa shape index (κ3) is 4.49. The Hall–Kier alpha value is -1.07. The molecule has 1 rings (SSSR count). The molecule has 1 aromatic carbocycles. The van der Waals surface area contributed by atoms with Gasteiger partial charge in [-0.25, -0.2) is 0 Å². The average Bonchev–Trinajstić information content (AvgIpc) is 2.42. The first-order valence-electron chi connectivity index (χ1n) is 6.88. The van der Waals surface area contributed by atoms with E-state index in [4.69, 9.17) is 0 Å². The second-order valence-electron chi connectivity index (χ2n) is 4.98. The molecule has 0 aliphatic carbocycles. The van der Waals surface area contributed by atoms with Crippen LogP contribution < -0.4 is 0 Å². The van der Waals surface area contributed by atoms with E-state index >= 15 is 0 Å². The van der Waals surface area contributed by atoms with Crippen LogP contribution in [0.1, 0.15) is 44.4 Å². The molecule has 0 radical (unpaired) electrons. The van der Waals surface area contributed by atoms with E-state index in [1.54, 1.807) is 0 Å². The first-order chi connectivity index (χ1) is 9.29. The predicted molar refractivity (Wildman–Crippen MR) is 73.4 cm³/mol. The zero-order valence-corrected chi connectivity index (χ0v) is 12.1. The largest absolute Gasteiger partial charge is 0.416 e. The molecule has 0 aliphatic heterocycles. The standard InChI is InChI=1S/C15H22F3NO/c1-4-11(3)19(5-2)10-14(20)12-7-6-8-13(9-12)15(16,17)18/h6-9,11,14,20H,4-5,10H2,1-3H3. The van der Waals surface area contributed by atoms with Crippen LogP contribution in [0.25, 0.3) is 0 Å². The highest BCUT2D eigenvalue weighted by molar-refractivity contribution is 5.27. The van der Waals surface area contributed by atoms with Gasteiger partial charge in [-0.1, -0.05) is 26.0 Å². The molecule has 0 aromatic heterocycles. The molecule has 2 atom stereocenters. The fraction of sp³-hybridized carbons (Fsp3) is 0.600. The lowest BCUT2D eigenvalue weighted by Crippen LogP contribution is -2.36. The molecule has 0 saturated heterocycles. The molecule has 2 nitrogen and oxygen atoms in total. The topological polar surface area (TPSA) is 23.5 Å². The molecule has 5 heteroatoms. The smallest absolute Gasteiger partial charge is 0.387 e. The van der Waals surface area contributed by atoms with Crippen molar-refractivity contribution < 1.29 is 18.3 Å². The van der Waals surface area contributed by atoms with Crippen molar-refractivity contribution in [2.24, 2.45) is 0 Å². The van der Waals surface area contributed by atoms with Gasteiger partial charge in [0, 0.05) is 12.6 Å². The highest BCUT2D eigenvalue weighted by atomic mass is 19.4. The number of nitrogens with zero attached hydrogens (tertiary/aromatic N) is 1. The Labute approximate surface area is 118 Å². The third-order valence-electron chi connectivity index (χ3n) is 3.63. The van der Waals surface area contributed by atoms with E-state index in [2.05, 4.69) is 4.90 Å². The lowest BCUT2D eigenvalue weighted by Gasteiger charge is -2.29. The lowest BCUT2D eigenvalue weighted by atomic mass is 10.0. The van der Waals surface area contributed by atoms with Crippen LogP contribution in [-0.2, 0) is 6.18 Å². The van der Waals surface area contributed by atoms with Crippen molar-refractivity contribution in [1.29, 1.82) is 0 Å². The number of aliphatic hydroxyl groups is 1. The van der Waals surface area contributed by atoms with Crippen molar-refractivity contribution in [2.75, 3.05) is 13.1 Å². The fourth-order valence-electron chi connectivity index (χ4n) is 2.13. The van der Waals surface area contributed by atoms with Crippen LogP contribution in [0.4, 0.5) is 13.2 Å². The predicted octanol–water partition coefficient (Wildman–Crippen LogP) is 3.86. The second kappa shape index (κ2) is 7.09. The summed E-state index contributed by atoms with van der Waals surface area (Å²) in [7, 11) is 0. The highest BCUT2D eigenvalue weighted by Gasteiger charge is 2.31. The fourth-order valence-corrected chi connectivity index (χ4v) is 2.13. The van der Waals surface area contributed by atoms with Gasteiger partial charge in [0.25, 0.3) is 0 Å². The van der Waals surface area contributed by atoms with Crippen molar-refractivity contribution in [1.82, 2.24) is 4.90 Å². The first kappa shape index (κ1) is 17.0. The Morgan fingerprint density at radius 2 is 1.90 bits per heavy atom. The molecule has 0 bridgehead atoms. The molecule has 1 aromatic rings. The molecular formula is C15H22F3NO. The van der Waals surface area contributed by atoms with Gasteiger partial charge in [-0.2, -0.15) is 13.2 Å². The van der Waals surface area contributed by atoms with Crippen LogP contribution in [0, 0.1) is 0 Å². The summed E-state index contributed by atoms with van der Waals surface area (Å²) < 4.78 is 38.0. The van der Waals surface area contributed by atoms with Crippen LogP contribution in [0.15, 0.2) is 24.3 Å². The first-order valence-corrected chi connectivity index (χ1v) is 6.88. The van der Waals surface area contributed by atoms with Gasteiger partial charge in [0.05, 0.1) is 11.7 Å². The number of benzene rings is 1. The highest BCUT2D eigenvalue weighted by Crippen LogP contribution is 2.31. The van der Waals surface area contributed by atoms with Crippen molar-refractivity contribution in [3.8, 4) is 0 Å². The van der Waals surface area contributed by atoms with Crippen LogP contribution in [0.5, 0.6) is 0 Å². The van der Waals surface area contributed by atoms with E-state index in [0.29, 0.717) is 18.2 Å². The third-order valence-corrected chi connectivity index (χ3v) is 3.63. The molecule has 0 saturated carbocycles. The minimum absolute atomic E-state index is 0.292. The van der Waals surface area contributed by atoms with E-state index in [-0.39, 0.29) is 0 Å². The molecule has 0 amide bonds. The number of rotatable bonds is 6. The number of hydrogen-bond donors (Lipinski definition) is 1. The van der Waals surface area contributed by atoms with Gasteiger partial charge < -0.3 is 5.11 Å². The quantitative estimate of drug-likeness (QED) is 0.859. The zero-order valence-electron chi connectivity index (χ0n) is 12.1. The Bertz CT molecular complexity index is 420.